The van der Waals surface area contributed by atoms with Gasteiger partial charge in [0.25, 0.3) is 9.05 Å². The smallest absolute Gasteiger partial charge is 0.207 e. The second-order valence-electron chi connectivity index (χ2n) is 4.92. The Kier molecular flexibility index (Phi) is 5.60. The molecule has 1 aromatic carbocycles. The van der Waals surface area contributed by atoms with E-state index in [0.717, 1.165) is 6.42 Å². The van der Waals surface area contributed by atoms with Gasteiger partial charge in [-0.25, -0.2) is 21.1 Å². The Bertz CT molecular complexity index is 651. The summed E-state index contributed by atoms with van der Waals surface area (Å²) in [6.45, 7) is 4.44. The van der Waals surface area contributed by atoms with E-state index in [9.17, 15) is 16.8 Å². The quantitative estimate of drug-likeness (QED) is 0.745. The van der Waals surface area contributed by atoms with Gasteiger partial charge < -0.3 is 0 Å². The first kappa shape index (κ1) is 17.4. The molecule has 0 aliphatic carbocycles. The summed E-state index contributed by atoms with van der Waals surface area (Å²) in [5, 5.41) is 0. The molecule has 0 unspecified atom stereocenters. The van der Waals surface area contributed by atoms with E-state index in [1.165, 1.54) is 35.6 Å². The number of benzene rings is 1. The maximum absolute atomic E-state index is 12.2. The van der Waals surface area contributed by atoms with Crippen LogP contribution in [0.3, 0.4) is 0 Å². The molecule has 8 heteroatoms. The molecular formula is C12H18ClNO4S2. The number of hydrogen-bond acceptors (Lipinski definition) is 4. The van der Waals surface area contributed by atoms with Crippen LogP contribution in [0.25, 0.3) is 0 Å². The highest BCUT2D eigenvalue weighted by atomic mass is 35.7. The maximum atomic E-state index is 12.2. The number of nitrogens with zero attached hydrogens (tertiary/aromatic N) is 1. The van der Waals surface area contributed by atoms with Crippen molar-refractivity contribution in [1.29, 1.82) is 0 Å². The Balaban J connectivity index is 2.99. The van der Waals surface area contributed by atoms with Crippen LogP contribution in [0.4, 0.5) is 0 Å². The minimum absolute atomic E-state index is 0.0489. The largest absolute Gasteiger partial charge is 0.261 e. The molecule has 114 valence electrons. The van der Waals surface area contributed by atoms with Gasteiger partial charge >= 0.3 is 0 Å². The van der Waals surface area contributed by atoms with Gasteiger partial charge in [-0.3, -0.25) is 0 Å². The molecule has 0 saturated carbocycles. The molecule has 0 amide bonds. The van der Waals surface area contributed by atoms with Crippen molar-refractivity contribution < 1.29 is 16.8 Å². The van der Waals surface area contributed by atoms with E-state index < -0.39 is 19.1 Å². The van der Waals surface area contributed by atoms with Gasteiger partial charge in [-0.2, -0.15) is 0 Å². The Hall–Kier alpha value is -0.630. The predicted octanol–water partition coefficient (Wildman–Crippen LogP) is 2.28. The van der Waals surface area contributed by atoms with Crippen LogP contribution in [0.1, 0.15) is 20.3 Å². The summed E-state index contributed by atoms with van der Waals surface area (Å²) in [6, 6.07) is 4.87. The average Bonchev–Trinajstić information content (AvgIpc) is 2.34. The molecule has 0 saturated heterocycles. The zero-order chi connectivity index (χ0) is 15.6. The van der Waals surface area contributed by atoms with Gasteiger partial charge in [-0.15, -0.1) is 0 Å². The fourth-order valence-corrected chi connectivity index (χ4v) is 3.47. The van der Waals surface area contributed by atoms with Crippen molar-refractivity contribution in [3.63, 3.8) is 0 Å². The molecular weight excluding hydrogens is 322 g/mol. The van der Waals surface area contributed by atoms with Crippen molar-refractivity contribution in [2.24, 2.45) is 5.92 Å². The summed E-state index contributed by atoms with van der Waals surface area (Å²) in [5.74, 6) is 0.399. The van der Waals surface area contributed by atoms with E-state index >= 15 is 0 Å². The van der Waals surface area contributed by atoms with Crippen LogP contribution < -0.4 is 0 Å². The third kappa shape index (κ3) is 4.44. The van der Waals surface area contributed by atoms with Crippen molar-refractivity contribution in [1.82, 2.24) is 4.31 Å². The highest BCUT2D eigenvalue weighted by Crippen LogP contribution is 2.20. The second-order valence-corrected chi connectivity index (χ2v) is 9.53. The normalized spacial score (nSPS) is 13.1. The van der Waals surface area contributed by atoms with Crippen molar-refractivity contribution in [2.45, 2.75) is 30.1 Å². The molecule has 0 aliphatic rings. The molecule has 0 N–H and O–H groups in total. The molecule has 0 heterocycles. The lowest BCUT2D eigenvalue weighted by Gasteiger charge is -2.18. The van der Waals surface area contributed by atoms with Gasteiger partial charge in [-0.1, -0.05) is 13.8 Å². The number of rotatable bonds is 6. The van der Waals surface area contributed by atoms with Gasteiger partial charge in [0.15, 0.2) is 0 Å². The van der Waals surface area contributed by atoms with E-state index in [0.29, 0.717) is 12.5 Å². The molecule has 0 aromatic heterocycles. The molecule has 0 bridgehead atoms. The number of halogens is 1. The summed E-state index contributed by atoms with van der Waals surface area (Å²) < 4.78 is 48.0. The van der Waals surface area contributed by atoms with Crippen molar-refractivity contribution in [3.05, 3.63) is 24.3 Å². The van der Waals surface area contributed by atoms with Crippen molar-refractivity contribution >= 4 is 29.8 Å². The van der Waals surface area contributed by atoms with Crippen LogP contribution in [0, 0.1) is 5.92 Å². The lowest BCUT2D eigenvalue weighted by atomic mass is 10.1. The molecule has 20 heavy (non-hydrogen) atoms. The Morgan fingerprint density at radius 2 is 1.50 bits per heavy atom. The lowest BCUT2D eigenvalue weighted by Crippen LogP contribution is -2.28. The zero-order valence-corrected chi connectivity index (χ0v) is 14.0. The van der Waals surface area contributed by atoms with Gasteiger partial charge in [0.2, 0.25) is 10.0 Å². The summed E-state index contributed by atoms with van der Waals surface area (Å²) in [6.07, 6.45) is 0.754. The van der Waals surface area contributed by atoms with E-state index in [2.05, 4.69) is 0 Å². The van der Waals surface area contributed by atoms with E-state index in [-0.39, 0.29) is 9.79 Å². The molecule has 0 spiro atoms. The average molecular weight is 340 g/mol. The first-order valence-corrected chi connectivity index (χ1v) is 9.81. The summed E-state index contributed by atoms with van der Waals surface area (Å²) in [4.78, 5) is -0.0734. The Morgan fingerprint density at radius 3 is 1.90 bits per heavy atom. The third-order valence-corrected chi connectivity index (χ3v) is 6.08. The highest BCUT2D eigenvalue weighted by Gasteiger charge is 2.21. The highest BCUT2D eigenvalue weighted by molar-refractivity contribution is 8.13. The third-order valence-electron chi connectivity index (χ3n) is 2.83. The van der Waals surface area contributed by atoms with Crippen LogP contribution in [-0.4, -0.2) is 34.7 Å². The van der Waals surface area contributed by atoms with Crippen LogP contribution in [0.15, 0.2) is 34.1 Å². The molecule has 0 atom stereocenters. The molecule has 0 radical (unpaired) electrons. The minimum Gasteiger partial charge on any atom is -0.207 e. The van der Waals surface area contributed by atoms with Crippen LogP contribution in [0.5, 0.6) is 0 Å². The summed E-state index contributed by atoms with van der Waals surface area (Å²) >= 11 is 0. The van der Waals surface area contributed by atoms with Crippen LogP contribution in [0.2, 0.25) is 0 Å². The summed E-state index contributed by atoms with van der Waals surface area (Å²) in [7, 11) is -0.756. The van der Waals surface area contributed by atoms with Gasteiger partial charge in [-0.05, 0) is 36.6 Å². The first-order valence-electron chi connectivity index (χ1n) is 6.06. The zero-order valence-electron chi connectivity index (χ0n) is 11.6. The number of hydrogen-bond donors (Lipinski definition) is 0. The molecule has 1 aromatic rings. The fraction of sp³-hybridized carbons (Fsp3) is 0.500. The van der Waals surface area contributed by atoms with E-state index in [1.807, 2.05) is 13.8 Å². The summed E-state index contributed by atoms with van der Waals surface area (Å²) in [5.41, 5.74) is 0. The standard InChI is InChI=1S/C12H18ClNO4S2/c1-10(2)8-9-14(3)20(17,18)12-6-4-11(5-7-12)19(13,15)16/h4-7,10H,8-9H2,1-3H3. The minimum atomic E-state index is -3.84. The van der Waals surface area contributed by atoms with Gasteiger partial charge in [0.05, 0.1) is 9.79 Å². The SMILES string of the molecule is CC(C)CCN(C)S(=O)(=O)c1ccc(S(=O)(=O)Cl)cc1. The molecule has 0 fully saturated rings. The topological polar surface area (TPSA) is 71.5 Å². The molecule has 5 nitrogen and oxygen atoms in total. The predicted molar refractivity (Wildman–Crippen MR) is 78.8 cm³/mol. The monoisotopic (exact) mass is 339 g/mol. The van der Waals surface area contributed by atoms with Crippen molar-refractivity contribution in [3.8, 4) is 0 Å². The first-order chi connectivity index (χ1) is 9.05. The van der Waals surface area contributed by atoms with Crippen LogP contribution >= 0.6 is 10.7 Å². The van der Waals surface area contributed by atoms with E-state index in [4.69, 9.17) is 10.7 Å². The second kappa shape index (κ2) is 6.43. The Morgan fingerprint density at radius 1 is 1.05 bits per heavy atom. The molecule has 0 aliphatic heterocycles. The maximum Gasteiger partial charge on any atom is 0.261 e. The molecule has 1 rings (SSSR count). The fourth-order valence-electron chi connectivity index (χ4n) is 1.51. The number of sulfonamides is 1. The van der Waals surface area contributed by atoms with Gasteiger partial charge in [0.1, 0.15) is 0 Å². The lowest BCUT2D eigenvalue weighted by molar-refractivity contribution is 0.428. The van der Waals surface area contributed by atoms with E-state index in [1.54, 1.807) is 0 Å². The Labute approximate surface area is 125 Å². The van der Waals surface area contributed by atoms with Crippen molar-refractivity contribution in [2.75, 3.05) is 13.6 Å². The van der Waals surface area contributed by atoms with Gasteiger partial charge in [0, 0.05) is 24.3 Å². The van der Waals surface area contributed by atoms with Crippen LogP contribution in [-0.2, 0) is 19.1 Å².